The molecule has 0 atom stereocenters. The Morgan fingerprint density at radius 2 is 2.00 bits per heavy atom. The zero-order chi connectivity index (χ0) is 13.2. The van der Waals surface area contributed by atoms with Gasteiger partial charge in [-0.25, -0.2) is 0 Å². The molecular weight excluding hydrogens is 222 g/mol. The Bertz CT molecular complexity index is 464. The maximum Gasteiger partial charge on any atom is 0.282 e. The fourth-order valence-corrected chi connectivity index (χ4v) is 1.30. The van der Waals surface area contributed by atoms with Gasteiger partial charge in [-0.15, -0.1) is 0 Å². The maximum atomic E-state index is 11.9. The van der Waals surface area contributed by atoms with E-state index in [4.69, 9.17) is 5.73 Å². The fourth-order valence-electron chi connectivity index (χ4n) is 1.30. The number of benzene rings is 1. The van der Waals surface area contributed by atoms with E-state index in [1.807, 2.05) is 0 Å². The highest BCUT2D eigenvalue weighted by atomic mass is 16.6. The van der Waals surface area contributed by atoms with Crippen LogP contribution in [0.25, 0.3) is 0 Å². The lowest BCUT2D eigenvalue weighted by atomic mass is 10.1. The van der Waals surface area contributed by atoms with Crippen molar-refractivity contribution in [3.63, 3.8) is 0 Å². The second-order valence-corrected chi connectivity index (χ2v) is 4.74. The van der Waals surface area contributed by atoms with Gasteiger partial charge in [-0.2, -0.15) is 0 Å². The summed E-state index contributed by atoms with van der Waals surface area (Å²) < 4.78 is 0. The molecule has 0 aliphatic rings. The number of nitrogens with two attached hydrogens (primary N) is 1. The van der Waals surface area contributed by atoms with Gasteiger partial charge in [-0.1, -0.05) is 0 Å². The lowest BCUT2D eigenvalue weighted by molar-refractivity contribution is -0.385. The number of nitro groups is 1. The zero-order valence-electron chi connectivity index (χ0n) is 9.98. The van der Waals surface area contributed by atoms with Gasteiger partial charge >= 0.3 is 0 Å². The number of carbonyl (C=O) groups excluding carboxylic acids is 1. The van der Waals surface area contributed by atoms with E-state index in [9.17, 15) is 14.9 Å². The van der Waals surface area contributed by atoms with E-state index in [0.29, 0.717) is 5.69 Å². The van der Waals surface area contributed by atoms with Crippen molar-refractivity contribution in [3.8, 4) is 0 Å². The Morgan fingerprint density at radius 3 is 2.47 bits per heavy atom. The van der Waals surface area contributed by atoms with Crippen LogP contribution in [0.4, 0.5) is 11.4 Å². The minimum atomic E-state index is -0.600. The van der Waals surface area contributed by atoms with Crippen LogP contribution in [0.3, 0.4) is 0 Å². The van der Waals surface area contributed by atoms with E-state index in [1.54, 1.807) is 20.8 Å². The number of anilines is 1. The molecule has 0 aliphatic carbocycles. The molecule has 6 heteroatoms. The average Bonchev–Trinajstić information content (AvgIpc) is 2.14. The van der Waals surface area contributed by atoms with Crippen molar-refractivity contribution in [2.45, 2.75) is 26.3 Å². The molecule has 0 radical (unpaired) electrons. The summed E-state index contributed by atoms with van der Waals surface area (Å²) in [6, 6.07) is 3.93. The summed E-state index contributed by atoms with van der Waals surface area (Å²) in [6.45, 7) is 5.38. The van der Waals surface area contributed by atoms with Crippen LogP contribution in [-0.4, -0.2) is 16.4 Å². The van der Waals surface area contributed by atoms with Crippen molar-refractivity contribution in [3.05, 3.63) is 33.9 Å². The second kappa shape index (κ2) is 4.40. The van der Waals surface area contributed by atoms with Gasteiger partial charge in [0.05, 0.1) is 4.92 Å². The molecule has 92 valence electrons. The molecule has 6 nitrogen and oxygen atoms in total. The summed E-state index contributed by atoms with van der Waals surface area (Å²) in [5.74, 6) is -0.503. The summed E-state index contributed by atoms with van der Waals surface area (Å²) >= 11 is 0. The quantitative estimate of drug-likeness (QED) is 0.464. The van der Waals surface area contributed by atoms with Gasteiger partial charge < -0.3 is 11.1 Å². The Kier molecular flexibility index (Phi) is 3.36. The van der Waals surface area contributed by atoms with Gasteiger partial charge in [0.1, 0.15) is 5.56 Å². The highest BCUT2D eigenvalue weighted by Crippen LogP contribution is 2.21. The van der Waals surface area contributed by atoms with E-state index >= 15 is 0 Å². The Morgan fingerprint density at radius 1 is 1.41 bits per heavy atom. The summed E-state index contributed by atoms with van der Waals surface area (Å²) in [6.07, 6.45) is 0. The maximum absolute atomic E-state index is 11.9. The number of amides is 1. The average molecular weight is 237 g/mol. The number of rotatable bonds is 2. The molecule has 1 amide bonds. The molecule has 0 spiro atoms. The van der Waals surface area contributed by atoms with Gasteiger partial charge in [0.25, 0.3) is 11.6 Å². The minimum absolute atomic E-state index is 0.0232. The van der Waals surface area contributed by atoms with E-state index < -0.39 is 16.4 Å². The monoisotopic (exact) mass is 237 g/mol. The molecule has 0 heterocycles. The Hall–Kier alpha value is -2.11. The van der Waals surface area contributed by atoms with Gasteiger partial charge in [0.2, 0.25) is 0 Å². The first-order valence-electron chi connectivity index (χ1n) is 5.07. The molecule has 0 fully saturated rings. The number of nitrogens with zero attached hydrogens (tertiary/aromatic N) is 1. The summed E-state index contributed by atoms with van der Waals surface area (Å²) in [5.41, 5.74) is 5.11. The lowest BCUT2D eigenvalue weighted by Gasteiger charge is -2.20. The van der Waals surface area contributed by atoms with Crippen LogP contribution in [0.2, 0.25) is 0 Å². The first kappa shape index (κ1) is 13.0. The number of nitro benzene ring substituents is 1. The Labute approximate surface area is 99.0 Å². The van der Waals surface area contributed by atoms with Gasteiger partial charge in [-0.05, 0) is 32.9 Å². The normalized spacial score (nSPS) is 11.0. The van der Waals surface area contributed by atoms with E-state index in [0.717, 1.165) is 0 Å². The molecule has 0 aliphatic heterocycles. The number of hydrogen-bond acceptors (Lipinski definition) is 4. The largest absolute Gasteiger partial charge is 0.399 e. The van der Waals surface area contributed by atoms with Crippen LogP contribution in [0.15, 0.2) is 18.2 Å². The molecular formula is C11H15N3O3. The first-order chi connectivity index (χ1) is 7.70. The highest BCUT2D eigenvalue weighted by Gasteiger charge is 2.23. The van der Waals surface area contributed by atoms with E-state index in [2.05, 4.69) is 5.32 Å². The van der Waals surface area contributed by atoms with Crippen molar-refractivity contribution in [1.29, 1.82) is 0 Å². The molecule has 0 bridgehead atoms. The zero-order valence-corrected chi connectivity index (χ0v) is 9.98. The van der Waals surface area contributed by atoms with E-state index in [-0.39, 0.29) is 11.3 Å². The first-order valence-corrected chi connectivity index (χ1v) is 5.07. The summed E-state index contributed by atoms with van der Waals surface area (Å²) in [7, 11) is 0. The molecule has 3 N–H and O–H groups in total. The van der Waals surface area contributed by atoms with Crippen molar-refractivity contribution < 1.29 is 9.72 Å². The number of hydrogen-bond donors (Lipinski definition) is 2. The molecule has 1 rings (SSSR count). The van der Waals surface area contributed by atoms with Crippen molar-refractivity contribution in [1.82, 2.24) is 5.32 Å². The molecule has 1 aromatic rings. The molecule has 17 heavy (non-hydrogen) atoms. The van der Waals surface area contributed by atoms with Crippen molar-refractivity contribution >= 4 is 17.3 Å². The van der Waals surface area contributed by atoms with Gasteiger partial charge in [-0.3, -0.25) is 14.9 Å². The SMILES string of the molecule is CC(C)(C)NC(=O)c1cc(N)ccc1[N+](=O)[O-]. The summed E-state index contributed by atoms with van der Waals surface area (Å²) in [5, 5.41) is 13.4. The second-order valence-electron chi connectivity index (χ2n) is 4.74. The third kappa shape index (κ3) is 3.44. The fraction of sp³-hybridized carbons (Fsp3) is 0.364. The topological polar surface area (TPSA) is 98.3 Å². The minimum Gasteiger partial charge on any atom is -0.399 e. The molecule has 1 aromatic carbocycles. The van der Waals surface area contributed by atoms with E-state index in [1.165, 1.54) is 18.2 Å². The van der Waals surface area contributed by atoms with Crippen LogP contribution in [0.5, 0.6) is 0 Å². The smallest absolute Gasteiger partial charge is 0.282 e. The number of nitrogen functional groups attached to an aromatic ring is 1. The van der Waals surface area contributed by atoms with Crippen molar-refractivity contribution in [2.24, 2.45) is 0 Å². The predicted molar refractivity (Wildman–Crippen MR) is 64.7 cm³/mol. The standard InChI is InChI=1S/C11H15N3O3/c1-11(2,3)13-10(15)8-6-7(12)4-5-9(8)14(16)17/h4-6H,12H2,1-3H3,(H,13,15). The number of nitrogens with one attached hydrogen (secondary N) is 1. The highest BCUT2D eigenvalue weighted by molar-refractivity contribution is 5.99. The van der Waals surface area contributed by atoms with Crippen LogP contribution in [0.1, 0.15) is 31.1 Å². The predicted octanol–water partition coefficient (Wildman–Crippen LogP) is 1.71. The summed E-state index contributed by atoms with van der Waals surface area (Å²) in [4.78, 5) is 22.1. The van der Waals surface area contributed by atoms with Crippen LogP contribution < -0.4 is 11.1 Å². The molecule has 0 saturated heterocycles. The van der Waals surface area contributed by atoms with Gasteiger partial charge in [0.15, 0.2) is 0 Å². The lowest BCUT2D eigenvalue weighted by Crippen LogP contribution is -2.40. The van der Waals surface area contributed by atoms with Crippen molar-refractivity contribution in [2.75, 3.05) is 5.73 Å². The molecule has 0 unspecified atom stereocenters. The molecule has 0 aromatic heterocycles. The number of carbonyl (C=O) groups is 1. The van der Waals surface area contributed by atoms with Crippen LogP contribution in [0, 0.1) is 10.1 Å². The third-order valence-electron chi connectivity index (χ3n) is 1.95. The van der Waals surface area contributed by atoms with Gasteiger partial charge in [0, 0.05) is 17.3 Å². The third-order valence-corrected chi connectivity index (χ3v) is 1.95. The Balaban J connectivity index is 3.16. The van der Waals surface area contributed by atoms with Crippen LogP contribution >= 0.6 is 0 Å². The molecule has 0 saturated carbocycles. The van der Waals surface area contributed by atoms with Crippen LogP contribution in [-0.2, 0) is 0 Å².